The summed E-state index contributed by atoms with van der Waals surface area (Å²) in [5.41, 5.74) is 21.7. The molecule has 3 aliphatic heterocycles. The lowest BCUT2D eigenvalue weighted by atomic mass is 9.94. The summed E-state index contributed by atoms with van der Waals surface area (Å²) in [6, 6.07) is 62.5. The van der Waals surface area contributed by atoms with Crippen molar-refractivity contribution in [2.45, 2.75) is 121 Å². The van der Waals surface area contributed by atoms with Gasteiger partial charge in [-0.1, -0.05) is 159 Å². The monoisotopic (exact) mass is 1620 g/mol. The summed E-state index contributed by atoms with van der Waals surface area (Å²) >= 11 is 0. The van der Waals surface area contributed by atoms with Crippen LogP contribution < -0.4 is 20.3 Å². The Hall–Kier alpha value is -15.7. The number of amides is 3. The van der Waals surface area contributed by atoms with E-state index < -0.39 is 0 Å². The normalized spacial score (nSPS) is 13.4. The Kier molecular flexibility index (Phi) is 23.1. The van der Waals surface area contributed by atoms with Crippen molar-refractivity contribution in [2.24, 2.45) is 5.92 Å². The van der Waals surface area contributed by atoms with E-state index in [1.165, 1.54) is 0 Å². The zero-order chi connectivity index (χ0) is 84.7. The summed E-state index contributed by atoms with van der Waals surface area (Å²) in [6.07, 6.45) is 4.76. The molecule has 19 rings (SSSR count). The highest BCUT2D eigenvalue weighted by Gasteiger charge is 2.35. The van der Waals surface area contributed by atoms with Crippen molar-refractivity contribution in [1.29, 1.82) is 5.26 Å². The minimum absolute atomic E-state index is 0.0457. The lowest BCUT2D eigenvalue weighted by Gasteiger charge is -2.32. The Morgan fingerprint density at radius 1 is 0.393 bits per heavy atom. The standard InChI is InChI=1S/C23H22N8O.C23H19N7O.C23H20N4O.C22H20N8O/c1-13-10-20-14(2)25-15(3)26-22(20)31(23(13)32)12-17-9-8-16(11-24-17)18-6-4-5-7-19(18)21-27-29-30-28-21;1-14-18-11-12-21(31)30(23(18)25-15(2)24-14)13-16-7-9-17(10-8-16)19-5-3-4-6-20(19)22-26-28-29-27-22;1-15-20-11-12-22(28)27(23(20)26-16(2)25-15)14-17-7-9-18(10-8-17)21-6-4-3-5-19(21)13-24;1-13-16-10-11-20(31)30(22(16)24-14(2)23-13)12-15-6-5-9-19(25-15)17-7-3-4-8-18(17)21-26-28-29-27-21/h4-9,11,13H,10,12H2,1-3H3,(H,27,28,29,30);3-12H,13H2,1-2H3,(H,26,27,28,29);3-10H,11-12,14H2,1-2H3;3-9H,10-12H2,1-2H3,(H,26,27,28,29). The molecule has 0 radical (unpaired) electrons. The first-order valence-electron chi connectivity index (χ1n) is 39.6. The van der Waals surface area contributed by atoms with Crippen LogP contribution in [-0.4, -0.2) is 134 Å². The Balaban J connectivity index is 0.000000121. The number of benzene rings is 6. The molecule has 3 amide bonds. The summed E-state index contributed by atoms with van der Waals surface area (Å²) < 4.78 is 1.69. The lowest BCUT2D eigenvalue weighted by molar-refractivity contribution is -0.122. The number of carbonyl (C=O) groups excluding carboxylic acids is 3. The summed E-state index contributed by atoms with van der Waals surface area (Å²) in [5.74, 6) is 6.44. The molecule has 10 aromatic heterocycles. The van der Waals surface area contributed by atoms with Crippen molar-refractivity contribution in [1.82, 2.24) is 116 Å². The maximum atomic E-state index is 13.0. The molecule has 3 aliphatic rings. The van der Waals surface area contributed by atoms with Gasteiger partial charge in [0.25, 0.3) is 5.56 Å². The molecule has 0 aliphatic carbocycles. The first kappa shape index (κ1) is 80.1. The third-order valence-electron chi connectivity index (χ3n) is 21.5. The van der Waals surface area contributed by atoms with Gasteiger partial charge in [0, 0.05) is 98.0 Å². The molecule has 31 heteroatoms. The zero-order valence-electron chi connectivity index (χ0n) is 68.3. The van der Waals surface area contributed by atoms with Crippen LogP contribution >= 0.6 is 0 Å². The van der Waals surface area contributed by atoms with Gasteiger partial charge in [-0.15, -0.1) is 30.6 Å². The molecule has 3 N–H and O–H groups in total. The van der Waals surface area contributed by atoms with E-state index in [-0.39, 0.29) is 29.2 Å². The molecule has 0 bridgehead atoms. The molecule has 0 saturated heterocycles. The van der Waals surface area contributed by atoms with E-state index in [0.717, 1.165) is 135 Å². The Labute approximate surface area is 700 Å². The zero-order valence-corrected chi connectivity index (χ0v) is 68.3. The number of hydrogen-bond acceptors (Lipinski definition) is 24. The highest BCUT2D eigenvalue weighted by Crippen LogP contribution is 2.38. The summed E-state index contributed by atoms with van der Waals surface area (Å²) in [4.78, 5) is 102. The van der Waals surface area contributed by atoms with E-state index in [1.54, 1.807) is 31.4 Å². The molecule has 13 heterocycles. The highest BCUT2D eigenvalue weighted by molar-refractivity contribution is 5.98. The van der Waals surface area contributed by atoms with E-state index >= 15 is 0 Å². The molecule has 0 fully saturated rings. The average molecular weight is 1620 g/mol. The van der Waals surface area contributed by atoms with Gasteiger partial charge >= 0.3 is 0 Å². The number of pyridine rings is 3. The quantitative estimate of drug-likeness (QED) is 0.0858. The molecule has 604 valence electrons. The minimum atomic E-state index is -0.117. The number of nitriles is 1. The number of rotatable bonds is 15. The summed E-state index contributed by atoms with van der Waals surface area (Å²) in [6.45, 7) is 18.8. The van der Waals surface area contributed by atoms with Crippen molar-refractivity contribution in [2.75, 3.05) is 14.7 Å². The second-order valence-corrected chi connectivity index (χ2v) is 29.8. The Morgan fingerprint density at radius 3 is 1.38 bits per heavy atom. The van der Waals surface area contributed by atoms with Crippen LogP contribution in [-0.2, 0) is 59.8 Å². The molecule has 31 nitrogen and oxygen atoms in total. The SMILES string of the molecule is Cc1nc(C)c2c(n1)N(Cc1ccc(-c3ccccc3-c3nn[nH]n3)cn1)C(=O)C(C)C2.Cc1nc(C)c2c(n1)N(Cc1ccc(-c3ccccc3C#N)cc1)C(=O)CC2.Cc1nc(C)c2c(n1)N(Cc1cccc(-c3ccccc3-c3nn[nH]n3)n1)C(=O)CC2.Cc1nc(C)c2ccc(=O)n(Cc3ccc(-c4ccccc4-c4nn[nH]n4)cc3)c2n1. The van der Waals surface area contributed by atoms with Gasteiger partial charge in [-0.25, -0.2) is 39.9 Å². The number of carbonyl (C=O) groups is 3. The predicted molar refractivity (Wildman–Crippen MR) is 457 cm³/mol. The minimum Gasteiger partial charge on any atom is -0.292 e. The van der Waals surface area contributed by atoms with E-state index in [0.29, 0.717) is 122 Å². The Morgan fingerprint density at radius 2 is 0.844 bits per heavy atom. The van der Waals surface area contributed by atoms with Gasteiger partial charge in [-0.3, -0.25) is 48.4 Å². The predicted octanol–water partition coefficient (Wildman–Crippen LogP) is 13.3. The maximum absolute atomic E-state index is 13.0. The molecule has 1 atom stereocenters. The van der Waals surface area contributed by atoms with Crippen LogP contribution in [0.2, 0.25) is 0 Å². The number of nitrogens with one attached hydrogen (secondary N) is 3. The van der Waals surface area contributed by atoms with Crippen molar-refractivity contribution in [3.63, 3.8) is 0 Å². The smallest absolute Gasteiger partial charge is 0.252 e. The number of tetrazole rings is 3. The molecular weight excluding hydrogens is 1540 g/mol. The lowest BCUT2D eigenvalue weighted by Crippen LogP contribution is -2.41. The topological polar surface area (TPSA) is 399 Å². The van der Waals surface area contributed by atoms with Gasteiger partial charge in [-0.05, 0) is 160 Å². The number of fused-ring (bicyclic) bond motifs is 4. The number of aromatic nitrogens is 23. The van der Waals surface area contributed by atoms with E-state index in [9.17, 15) is 24.4 Å². The van der Waals surface area contributed by atoms with Gasteiger partial charge in [0.1, 0.15) is 46.4 Å². The van der Waals surface area contributed by atoms with Crippen molar-refractivity contribution >= 4 is 46.2 Å². The first-order valence-corrected chi connectivity index (χ1v) is 39.6. The van der Waals surface area contributed by atoms with E-state index in [1.807, 2.05) is 244 Å². The van der Waals surface area contributed by atoms with Crippen molar-refractivity contribution in [3.8, 4) is 84.9 Å². The first-order chi connectivity index (χ1) is 59.3. The molecule has 6 aromatic carbocycles. The third kappa shape index (κ3) is 17.2. The second kappa shape index (κ2) is 35.2. The summed E-state index contributed by atoms with van der Waals surface area (Å²) in [7, 11) is 0. The van der Waals surface area contributed by atoms with E-state index in [4.69, 9.17) is 4.98 Å². The summed E-state index contributed by atoms with van der Waals surface area (Å²) in [5, 5.41) is 53.2. The van der Waals surface area contributed by atoms with Crippen LogP contribution in [0.1, 0.15) is 111 Å². The molecule has 122 heavy (non-hydrogen) atoms. The van der Waals surface area contributed by atoms with Crippen LogP contribution in [0.3, 0.4) is 0 Å². The molecule has 0 saturated carbocycles. The molecule has 16 aromatic rings. The number of H-pyrrole nitrogens is 3. The largest absolute Gasteiger partial charge is 0.292 e. The highest BCUT2D eigenvalue weighted by atomic mass is 16.2. The number of nitrogens with zero attached hydrogens (tertiary/aromatic N) is 24. The van der Waals surface area contributed by atoms with Crippen LogP contribution in [0.4, 0.5) is 17.5 Å². The van der Waals surface area contributed by atoms with E-state index in [2.05, 4.69) is 113 Å². The fourth-order valence-corrected chi connectivity index (χ4v) is 15.6. The number of hydrogen-bond donors (Lipinski definition) is 3. The van der Waals surface area contributed by atoms with Gasteiger partial charge in [0.15, 0.2) is 0 Å². The number of anilines is 3. The third-order valence-corrected chi connectivity index (χ3v) is 21.5. The maximum Gasteiger partial charge on any atom is 0.252 e. The van der Waals surface area contributed by atoms with Crippen LogP contribution in [0, 0.1) is 72.6 Å². The van der Waals surface area contributed by atoms with Gasteiger partial charge < -0.3 is 0 Å². The van der Waals surface area contributed by atoms with Crippen LogP contribution in [0.25, 0.3) is 89.8 Å². The number of aryl methyl sites for hydroxylation is 8. The van der Waals surface area contributed by atoms with Crippen LogP contribution in [0.5, 0.6) is 0 Å². The molecular formula is C91H81N27O4. The average Bonchev–Trinajstić information content (AvgIpc) is 0.979. The fourth-order valence-electron chi connectivity index (χ4n) is 15.6. The van der Waals surface area contributed by atoms with Crippen LogP contribution in [0.15, 0.2) is 199 Å². The fraction of sp³-hybridized carbons (Fsp3) is 0.209. The molecule has 1 unspecified atom stereocenters. The van der Waals surface area contributed by atoms with Crippen molar-refractivity contribution < 1.29 is 14.4 Å². The van der Waals surface area contributed by atoms with Gasteiger partial charge in [-0.2, -0.15) is 20.9 Å². The number of aromatic amines is 3. The molecule has 0 spiro atoms. The Bertz CT molecular complexity index is 6690. The second-order valence-electron chi connectivity index (χ2n) is 29.8. The van der Waals surface area contributed by atoms with Gasteiger partial charge in [0.05, 0.1) is 60.6 Å². The van der Waals surface area contributed by atoms with Crippen molar-refractivity contribution in [3.05, 3.63) is 295 Å². The van der Waals surface area contributed by atoms with Gasteiger partial charge in [0.2, 0.25) is 35.2 Å².